The predicted octanol–water partition coefficient (Wildman–Crippen LogP) is 7.21. The highest BCUT2D eigenvalue weighted by Gasteiger charge is 2.31. The van der Waals surface area contributed by atoms with Crippen LogP contribution in [-0.4, -0.2) is 37.9 Å². The molecule has 9 nitrogen and oxygen atoms in total. The van der Waals surface area contributed by atoms with Gasteiger partial charge in [0.1, 0.15) is 0 Å². The minimum absolute atomic E-state index is 0.0401. The van der Waals surface area contributed by atoms with Crippen molar-refractivity contribution in [2.45, 2.75) is 25.8 Å². The lowest BCUT2D eigenvalue weighted by Gasteiger charge is -2.13. The van der Waals surface area contributed by atoms with Crippen molar-refractivity contribution in [1.82, 2.24) is 25.1 Å². The van der Waals surface area contributed by atoms with E-state index in [-0.39, 0.29) is 24.1 Å². The Hall–Kier alpha value is -5.21. The van der Waals surface area contributed by atoms with Crippen LogP contribution in [0, 0.1) is 6.92 Å². The number of hydrogen-bond acceptors (Lipinski definition) is 9. The van der Waals surface area contributed by atoms with Gasteiger partial charge >= 0.3 is 18.4 Å². The van der Waals surface area contributed by atoms with Gasteiger partial charge in [-0.3, -0.25) is 0 Å². The number of nitrogens with zero attached hydrogens (tertiary/aromatic N) is 5. The topological polar surface area (TPSA) is 111 Å². The maximum absolute atomic E-state index is 13.1. The van der Waals surface area contributed by atoms with Crippen molar-refractivity contribution in [2.24, 2.45) is 0 Å². The van der Waals surface area contributed by atoms with Gasteiger partial charge in [-0.2, -0.15) is 41.3 Å². The lowest BCUT2D eigenvalue weighted by atomic mass is 10.0. The molecule has 0 aliphatic carbocycles. The fourth-order valence-electron chi connectivity index (χ4n) is 3.87. The van der Waals surface area contributed by atoms with E-state index in [1.807, 2.05) is 48.5 Å². The van der Waals surface area contributed by atoms with Crippen molar-refractivity contribution < 1.29 is 35.5 Å². The molecule has 0 spiro atoms. The quantitative estimate of drug-likeness (QED) is 0.169. The Morgan fingerprint density at radius 2 is 1.49 bits per heavy atom. The van der Waals surface area contributed by atoms with Gasteiger partial charge in [0.25, 0.3) is 0 Å². The van der Waals surface area contributed by atoms with Gasteiger partial charge in [0.2, 0.25) is 23.7 Å². The van der Waals surface area contributed by atoms with Gasteiger partial charge in [-0.25, -0.2) is 0 Å². The van der Waals surface area contributed by atoms with Crippen LogP contribution in [-0.2, 0) is 12.7 Å². The number of alkyl halides is 6. The molecule has 0 fully saturated rings. The molecule has 2 N–H and O–H groups in total. The fraction of sp³-hybridized carbons (Fsp3) is 0.179. The van der Waals surface area contributed by atoms with E-state index in [1.165, 1.54) is 12.1 Å². The molecule has 43 heavy (non-hydrogen) atoms. The summed E-state index contributed by atoms with van der Waals surface area (Å²) in [5.41, 5.74) is 2.34. The first kappa shape index (κ1) is 29.3. The molecular weight excluding hydrogens is 580 g/mol. The molecule has 222 valence electrons. The SMILES string of the molecule is Cc1nnc(-c2ccc(-c3cccc(CNc4nc(Nc5cccc(C(F)(F)F)c5)nc(OCC(F)(F)F)n4)c3)cc2)o1. The van der Waals surface area contributed by atoms with Crippen molar-refractivity contribution in [3.8, 4) is 28.6 Å². The zero-order valence-corrected chi connectivity index (χ0v) is 22.2. The van der Waals surface area contributed by atoms with E-state index in [2.05, 4.69) is 40.5 Å². The monoisotopic (exact) mass is 601 g/mol. The van der Waals surface area contributed by atoms with E-state index in [9.17, 15) is 26.3 Å². The highest BCUT2D eigenvalue weighted by Crippen LogP contribution is 2.31. The Morgan fingerprint density at radius 3 is 2.19 bits per heavy atom. The van der Waals surface area contributed by atoms with Crippen LogP contribution in [0.15, 0.2) is 77.2 Å². The normalized spacial score (nSPS) is 11.8. The van der Waals surface area contributed by atoms with Crippen LogP contribution in [0.4, 0.5) is 43.9 Å². The van der Waals surface area contributed by atoms with Gasteiger partial charge in [0.15, 0.2) is 6.61 Å². The summed E-state index contributed by atoms with van der Waals surface area (Å²) in [7, 11) is 0. The summed E-state index contributed by atoms with van der Waals surface area (Å²) in [6, 6.07) is 18.4. The molecule has 0 aliphatic rings. The standard InChI is InChI=1S/C28H21F6N7O2/c1-16-40-41-23(43-16)19-10-8-18(9-11-19)20-5-2-4-17(12-20)14-35-24-37-25(39-26(38-24)42-15-27(29,30)31)36-22-7-3-6-21(13-22)28(32,33)34/h2-13H,14-15H2,1H3,(H2,35,36,37,38,39). The summed E-state index contributed by atoms with van der Waals surface area (Å²) in [6.07, 6.45) is -9.27. The first-order valence-corrected chi connectivity index (χ1v) is 12.5. The Bertz CT molecular complexity index is 1710. The van der Waals surface area contributed by atoms with Crippen LogP contribution in [0.3, 0.4) is 0 Å². The van der Waals surface area contributed by atoms with Gasteiger partial charge in [-0.05, 0) is 53.1 Å². The van der Waals surface area contributed by atoms with Crippen molar-refractivity contribution in [2.75, 3.05) is 17.2 Å². The van der Waals surface area contributed by atoms with Gasteiger partial charge in [-0.1, -0.05) is 36.4 Å². The average molecular weight is 602 g/mol. The lowest BCUT2D eigenvalue weighted by molar-refractivity contribution is -0.154. The van der Waals surface area contributed by atoms with Crippen molar-refractivity contribution >= 4 is 17.6 Å². The molecule has 0 atom stereocenters. The predicted molar refractivity (Wildman–Crippen MR) is 143 cm³/mol. The summed E-state index contributed by atoms with van der Waals surface area (Å²) in [5, 5.41) is 13.3. The molecule has 2 heterocycles. The van der Waals surface area contributed by atoms with Crippen molar-refractivity contribution in [3.63, 3.8) is 0 Å². The summed E-state index contributed by atoms with van der Waals surface area (Å²) in [5.74, 6) is 0.375. The maximum atomic E-state index is 13.1. The number of rotatable bonds is 9. The highest BCUT2D eigenvalue weighted by molar-refractivity contribution is 5.68. The number of nitrogens with one attached hydrogen (secondary N) is 2. The molecule has 2 aromatic heterocycles. The van der Waals surface area contributed by atoms with Gasteiger partial charge < -0.3 is 19.8 Å². The van der Waals surface area contributed by atoms with E-state index in [0.717, 1.165) is 34.4 Å². The first-order chi connectivity index (χ1) is 20.4. The third-order valence-corrected chi connectivity index (χ3v) is 5.79. The Balaban J connectivity index is 1.33. The Labute approximate surface area is 240 Å². The molecule has 15 heteroatoms. The summed E-state index contributed by atoms with van der Waals surface area (Å²) >= 11 is 0. The van der Waals surface area contributed by atoms with E-state index in [1.54, 1.807) is 6.92 Å². The van der Waals surface area contributed by atoms with Crippen LogP contribution in [0.5, 0.6) is 6.01 Å². The summed E-state index contributed by atoms with van der Waals surface area (Å²) < 4.78 is 87.8. The van der Waals surface area contributed by atoms with Crippen molar-refractivity contribution in [3.05, 3.63) is 89.8 Å². The van der Waals surface area contributed by atoms with Crippen LogP contribution in [0.2, 0.25) is 0 Å². The van der Waals surface area contributed by atoms with Crippen LogP contribution >= 0.6 is 0 Å². The minimum Gasteiger partial charge on any atom is -0.454 e. The van der Waals surface area contributed by atoms with E-state index < -0.39 is 30.5 Å². The molecular formula is C28H21F6N7O2. The van der Waals surface area contributed by atoms with E-state index >= 15 is 0 Å². The number of aromatic nitrogens is 5. The van der Waals surface area contributed by atoms with E-state index in [4.69, 9.17) is 4.42 Å². The maximum Gasteiger partial charge on any atom is 0.422 e. The number of aryl methyl sites for hydroxylation is 1. The second kappa shape index (κ2) is 12.0. The number of ether oxygens (including phenoxy) is 1. The molecule has 0 saturated heterocycles. The number of hydrogen-bond donors (Lipinski definition) is 2. The third kappa shape index (κ3) is 7.96. The molecule has 0 amide bonds. The molecule has 3 aromatic carbocycles. The minimum atomic E-state index is -4.67. The highest BCUT2D eigenvalue weighted by atomic mass is 19.4. The average Bonchev–Trinajstić information content (AvgIpc) is 3.41. The van der Waals surface area contributed by atoms with Crippen LogP contribution in [0.1, 0.15) is 17.0 Å². The number of halogens is 6. The van der Waals surface area contributed by atoms with Crippen LogP contribution in [0.25, 0.3) is 22.6 Å². The second-order valence-electron chi connectivity index (χ2n) is 9.13. The zero-order chi connectivity index (χ0) is 30.6. The van der Waals surface area contributed by atoms with Gasteiger partial charge in [0, 0.05) is 24.7 Å². The summed E-state index contributed by atoms with van der Waals surface area (Å²) in [6.45, 7) is 0.177. The van der Waals surface area contributed by atoms with Gasteiger partial charge in [0.05, 0.1) is 5.56 Å². The second-order valence-corrected chi connectivity index (χ2v) is 9.13. The van der Waals surface area contributed by atoms with Crippen LogP contribution < -0.4 is 15.4 Å². The molecule has 0 aliphatic heterocycles. The first-order valence-electron chi connectivity index (χ1n) is 12.5. The van der Waals surface area contributed by atoms with Gasteiger partial charge in [-0.15, -0.1) is 10.2 Å². The Kier molecular flexibility index (Phi) is 8.14. The molecule has 0 saturated carbocycles. The largest absolute Gasteiger partial charge is 0.454 e. The number of anilines is 3. The van der Waals surface area contributed by atoms with Crippen molar-refractivity contribution in [1.29, 1.82) is 0 Å². The molecule has 0 unspecified atom stereocenters. The summed E-state index contributed by atoms with van der Waals surface area (Å²) in [4.78, 5) is 11.7. The fourth-order valence-corrected chi connectivity index (χ4v) is 3.87. The van der Waals surface area contributed by atoms with E-state index in [0.29, 0.717) is 11.8 Å². The smallest absolute Gasteiger partial charge is 0.422 e. The number of benzene rings is 3. The zero-order valence-electron chi connectivity index (χ0n) is 22.2. The molecule has 0 radical (unpaired) electrons. The molecule has 5 rings (SSSR count). The Morgan fingerprint density at radius 1 is 0.767 bits per heavy atom. The molecule has 5 aromatic rings. The molecule has 0 bridgehead atoms. The third-order valence-electron chi connectivity index (χ3n) is 5.79. The lowest BCUT2D eigenvalue weighted by Crippen LogP contribution is -2.21.